The van der Waals surface area contributed by atoms with Gasteiger partial charge in [-0.1, -0.05) is 6.92 Å². The van der Waals surface area contributed by atoms with Crippen LogP contribution in [0.15, 0.2) is 9.98 Å². The highest BCUT2D eigenvalue weighted by Gasteiger charge is 2.21. The van der Waals surface area contributed by atoms with Gasteiger partial charge >= 0.3 is 0 Å². The van der Waals surface area contributed by atoms with Gasteiger partial charge in [0.15, 0.2) is 0 Å². The zero-order valence-electron chi connectivity index (χ0n) is 6.18. The summed E-state index contributed by atoms with van der Waals surface area (Å²) in [5, 5.41) is 0. The zero-order valence-corrected chi connectivity index (χ0v) is 6.18. The van der Waals surface area contributed by atoms with Crippen molar-refractivity contribution in [2.75, 3.05) is 0 Å². The largest absolute Gasteiger partial charge is 0.262 e. The van der Waals surface area contributed by atoms with Crippen LogP contribution in [-0.4, -0.2) is 17.6 Å². The summed E-state index contributed by atoms with van der Waals surface area (Å²) in [5.74, 6) is 0. The Morgan fingerprint density at radius 3 is 2.56 bits per heavy atom. The smallest absolute Gasteiger partial charge is 0.147 e. The van der Waals surface area contributed by atoms with Crippen LogP contribution in [0.1, 0.15) is 27.2 Å². The average molecular weight is 124 g/mol. The van der Waals surface area contributed by atoms with Crippen molar-refractivity contribution >= 4 is 11.9 Å². The Morgan fingerprint density at radius 1 is 1.67 bits per heavy atom. The van der Waals surface area contributed by atoms with Gasteiger partial charge in [0.2, 0.25) is 0 Å². The molecule has 2 heteroatoms. The molecule has 1 heterocycles. The van der Waals surface area contributed by atoms with E-state index in [9.17, 15) is 0 Å². The molecule has 1 atom stereocenters. The van der Waals surface area contributed by atoms with Crippen molar-refractivity contribution in [2.24, 2.45) is 9.98 Å². The van der Waals surface area contributed by atoms with E-state index in [0.717, 1.165) is 12.1 Å². The van der Waals surface area contributed by atoms with E-state index in [0.29, 0.717) is 0 Å². The van der Waals surface area contributed by atoms with Crippen molar-refractivity contribution in [1.82, 2.24) is 0 Å². The minimum atomic E-state index is -0.135. The highest BCUT2D eigenvalue weighted by atomic mass is 15.1. The van der Waals surface area contributed by atoms with Gasteiger partial charge in [-0.05, 0) is 20.3 Å². The van der Waals surface area contributed by atoms with Crippen LogP contribution in [-0.2, 0) is 0 Å². The normalized spacial score (nSPS) is 33.0. The minimum Gasteiger partial charge on any atom is -0.262 e. The third-order valence-corrected chi connectivity index (χ3v) is 1.62. The standard InChI is InChI=1S/C7H12N2/c1-4-7(3)8-5-6(2)9-7/h5H,4H2,1-3H3. The molecule has 1 aliphatic rings. The van der Waals surface area contributed by atoms with Gasteiger partial charge in [-0.25, -0.2) is 0 Å². The second-order valence-electron chi connectivity index (χ2n) is 2.58. The number of rotatable bonds is 1. The highest BCUT2D eigenvalue weighted by molar-refractivity contribution is 6.30. The first-order valence-corrected chi connectivity index (χ1v) is 3.28. The Bertz CT molecular complexity index is 170. The molecule has 0 N–H and O–H groups in total. The molecule has 0 aliphatic carbocycles. The first kappa shape index (κ1) is 6.46. The Kier molecular flexibility index (Phi) is 1.39. The topological polar surface area (TPSA) is 24.7 Å². The van der Waals surface area contributed by atoms with E-state index >= 15 is 0 Å². The molecule has 2 nitrogen and oxygen atoms in total. The summed E-state index contributed by atoms with van der Waals surface area (Å²) >= 11 is 0. The lowest BCUT2D eigenvalue weighted by atomic mass is 10.2. The number of nitrogens with zero attached hydrogens (tertiary/aromatic N) is 2. The molecule has 0 spiro atoms. The third kappa shape index (κ3) is 1.18. The highest BCUT2D eigenvalue weighted by Crippen LogP contribution is 2.19. The van der Waals surface area contributed by atoms with Crippen LogP contribution < -0.4 is 0 Å². The Morgan fingerprint density at radius 2 is 2.33 bits per heavy atom. The predicted molar refractivity (Wildman–Crippen MR) is 40.3 cm³/mol. The zero-order chi connectivity index (χ0) is 6.91. The van der Waals surface area contributed by atoms with Gasteiger partial charge in [-0.15, -0.1) is 0 Å². The van der Waals surface area contributed by atoms with Crippen LogP contribution in [0.4, 0.5) is 0 Å². The first-order valence-electron chi connectivity index (χ1n) is 3.28. The summed E-state index contributed by atoms with van der Waals surface area (Å²) in [6.45, 7) is 6.11. The van der Waals surface area contributed by atoms with Crippen molar-refractivity contribution in [3.63, 3.8) is 0 Å². The van der Waals surface area contributed by atoms with Crippen LogP contribution in [0.3, 0.4) is 0 Å². The molecule has 0 radical (unpaired) electrons. The van der Waals surface area contributed by atoms with E-state index in [1.54, 1.807) is 0 Å². The fourth-order valence-electron chi connectivity index (χ4n) is 0.840. The Labute approximate surface area is 55.7 Å². The van der Waals surface area contributed by atoms with E-state index in [-0.39, 0.29) is 5.66 Å². The predicted octanol–water partition coefficient (Wildman–Crippen LogP) is 1.66. The average Bonchev–Trinajstić information content (AvgIpc) is 2.13. The van der Waals surface area contributed by atoms with Gasteiger partial charge < -0.3 is 0 Å². The van der Waals surface area contributed by atoms with E-state index in [4.69, 9.17) is 0 Å². The maximum atomic E-state index is 4.33. The van der Waals surface area contributed by atoms with Gasteiger partial charge in [-0.2, -0.15) is 0 Å². The minimum absolute atomic E-state index is 0.135. The second kappa shape index (κ2) is 1.94. The lowest BCUT2D eigenvalue weighted by Crippen LogP contribution is -2.13. The van der Waals surface area contributed by atoms with Crippen LogP contribution in [0.2, 0.25) is 0 Å². The van der Waals surface area contributed by atoms with Crippen molar-refractivity contribution in [2.45, 2.75) is 32.9 Å². The monoisotopic (exact) mass is 124 g/mol. The summed E-state index contributed by atoms with van der Waals surface area (Å²) < 4.78 is 0. The van der Waals surface area contributed by atoms with E-state index in [1.165, 1.54) is 0 Å². The molecule has 0 amide bonds. The van der Waals surface area contributed by atoms with E-state index < -0.39 is 0 Å². The molecule has 0 bridgehead atoms. The van der Waals surface area contributed by atoms with Crippen LogP contribution >= 0.6 is 0 Å². The molecule has 0 saturated carbocycles. The fourth-order valence-corrected chi connectivity index (χ4v) is 0.840. The summed E-state index contributed by atoms with van der Waals surface area (Å²) in [6, 6.07) is 0. The van der Waals surface area contributed by atoms with E-state index in [1.807, 2.05) is 20.1 Å². The first-order chi connectivity index (χ1) is 4.16. The van der Waals surface area contributed by atoms with Crippen molar-refractivity contribution in [3.05, 3.63) is 0 Å². The number of hydrogen-bond acceptors (Lipinski definition) is 2. The molecule has 1 aliphatic heterocycles. The van der Waals surface area contributed by atoms with Crippen molar-refractivity contribution < 1.29 is 0 Å². The molecule has 0 aromatic rings. The number of hydrogen-bond donors (Lipinski definition) is 0. The SMILES string of the molecule is CCC1(C)N=CC(C)=N1. The second-order valence-corrected chi connectivity index (χ2v) is 2.58. The van der Waals surface area contributed by atoms with Gasteiger partial charge in [0.25, 0.3) is 0 Å². The van der Waals surface area contributed by atoms with Crippen molar-refractivity contribution in [3.8, 4) is 0 Å². The molecular formula is C7H12N2. The van der Waals surface area contributed by atoms with Crippen molar-refractivity contribution in [1.29, 1.82) is 0 Å². The lowest BCUT2D eigenvalue weighted by Gasteiger charge is -2.12. The summed E-state index contributed by atoms with van der Waals surface area (Å²) in [4.78, 5) is 8.57. The van der Waals surface area contributed by atoms with Crippen LogP contribution in [0.25, 0.3) is 0 Å². The third-order valence-electron chi connectivity index (χ3n) is 1.62. The maximum absolute atomic E-state index is 4.33. The van der Waals surface area contributed by atoms with Gasteiger partial charge in [0, 0.05) is 6.21 Å². The quantitative estimate of drug-likeness (QED) is 0.508. The summed E-state index contributed by atoms with van der Waals surface area (Å²) in [5.41, 5.74) is 0.906. The lowest BCUT2D eigenvalue weighted by molar-refractivity contribution is 0.491. The molecule has 0 fully saturated rings. The molecular weight excluding hydrogens is 112 g/mol. The van der Waals surface area contributed by atoms with Crippen LogP contribution in [0, 0.1) is 0 Å². The Balaban J connectivity index is 2.78. The molecule has 0 aromatic carbocycles. The van der Waals surface area contributed by atoms with Gasteiger partial charge in [-0.3, -0.25) is 9.98 Å². The maximum Gasteiger partial charge on any atom is 0.147 e. The molecule has 0 aromatic heterocycles. The molecule has 0 saturated heterocycles. The van der Waals surface area contributed by atoms with Crippen LogP contribution in [0.5, 0.6) is 0 Å². The molecule has 9 heavy (non-hydrogen) atoms. The van der Waals surface area contributed by atoms with Gasteiger partial charge in [0.05, 0.1) is 5.71 Å². The summed E-state index contributed by atoms with van der Waals surface area (Å²) in [7, 11) is 0. The fraction of sp³-hybridized carbons (Fsp3) is 0.714. The molecule has 1 unspecified atom stereocenters. The molecule has 50 valence electrons. The summed E-state index contributed by atoms with van der Waals surface area (Å²) in [6.07, 6.45) is 2.82. The Hall–Kier alpha value is -0.660. The number of aliphatic imine (C=N–C) groups is 2. The molecule has 1 rings (SSSR count). The van der Waals surface area contributed by atoms with Gasteiger partial charge in [0.1, 0.15) is 5.66 Å². The van der Waals surface area contributed by atoms with E-state index in [2.05, 4.69) is 16.9 Å².